The van der Waals surface area contributed by atoms with Crippen LogP contribution in [0, 0.1) is 0 Å². The third-order valence-electron chi connectivity index (χ3n) is 11.0. The molecule has 0 saturated heterocycles. The van der Waals surface area contributed by atoms with Gasteiger partial charge in [-0.1, -0.05) is 146 Å². The first-order valence-corrected chi connectivity index (χ1v) is 18.8. The predicted molar refractivity (Wildman–Crippen MR) is 231 cm³/mol. The van der Waals surface area contributed by atoms with Crippen LogP contribution < -0.4 is 4.90 Å². The summed E-state index contributed by atoms with van der Waals surface area (Å²) in [5.74, 6) is 0. The Morgan fingerprint density at radius 2 is 0.982 bits per heavy atom. The average Bonchev–Trinajstić information content (AvgIpc) is 3.79. The maximum absolute atomic E-state index is 6.51. The summed E-state index contributed by atoms with van der Waals surface area (Å²) in [5, 5.41) is 7.11. The van der Waals surface area contributed by atoms with Crippen molar-refractivity contribution in [3.63, 3.8) is 0 Å². The fourth-order valence-corrected chi connectivity index (χ4v) is 8.55. The zero-order valence-electron chi connectivity index (χ0n) is 29.9. The van der Waals surface area contributed by atoms with E-state index < -0.39 is 0 Å². The SMILES string of the molecule is c1ccc(-c2cccc3cccc(-c4ccccc4N(c4ccc5c(c4)oc4ccccc45)c4ccc5c6ccccc6n(-c6ccccc6)c5c4)c23)cc1. The number of rotatable bonds is 6. The highest BCUT2D eigenvalue weighted by molar-refractivity contribution is 6.12. The minimum Gasteiger partial charge on any atom is -0.456 e. The van der Waals surface area contributed by atoms with Crippen LogP contribution in [-0.2, 0) is 0 Å². The summed E-state index contributed by atoms with van der Waals surface area (Å²) in [6, 6.07) is 74.0. The summed E-state index contributed by atoms with van der Waals surface area (Å²) in [6.07, 6.45) is 0. The predicted octanol–water partition coefficient (Wildman–Crippen LogP) is 14.6. The van der Waals surface area contributed by atoms with Crippen molar-refractivity contribution in [2.75, 3.05) is 4.90 Å². The quantitative estimate of drug-likeness (QED) is 0.172. The minimum absolute atomic E-state index is 0.859. The van der Waals surface area contributed by atoms with Gasteiger partial charge in [-0.3, -0.25) is 0 Å². The van der Waals surface area contributed by atoms with Gasteiger partial charge in [0.2, 0.25) is 0 Å². The van der Waals surface area contributed by atoms with E-state index in [1.165, 1.54) is 43.8 Å². The van der Waals surface area contributed by atoms with Gasteiger partial charge in [0.1, 0.15) is 11.2 Å². The Labute approximate surface area is 318 Å². The molecular weight excluding hydrogens is 669 g/mol. The number of aromatic nitrogens is 1. The molecule has 2 aromatic heterocycles. The number of anilines is 3. The van der Waals surface area contributed by atoms with Gasteiger partial charge in [-0.25, -0.2) is 0 Å². The highest BCUT2D eigenvalue weighted by Crippen LogP contribution is 2.47. The van der Waals surface area contributed by atoms with Crippen LogP contribution in [0.3, 0.4) is 0 Å². The smallest absolute Gasteiger partial charge is 0.137 e. The molecule has 0 spiro atoms. The molecule has 0 fully saturated rings. The van der Waals surface area contributed by atoms with E-state index in [-0.39, 0.29) is 0 Å². The summed E-state index contributed by atoms with van der Waals surface area (Å²) >= 11 is 0. The van der Waals surface area contributed by atoms with Gasteiger partial charge in [-0.2, -0.15) is 0 Å². The summed E-state index contributed by atoms with van der Waals surface area (Å²) in [6.45, 7) is 0. The van der Waals surface area contributed by atoms with E-state index in [1.807, 2.05) is 12.1 Å². The van der Waals surface area contributed by atoms with Crippen molar-refractivity contribution in [1.29, 1.82) is 0 Å². The normalized spacial score (nSPS) is 11.6. The van der Waals surface area contributed by atoms with Gasteiger partial charge in [-0.15, -0.1) is 0 Å². The Morgan fingerprint density at radius 3 is 1.82 bits per heavy atom. The molecular formula is C52H34N2O. The Balaban J connectivity index is 1.20. The fraction of sp³-hybridized carbons (Fsp3) is 0. The molecule has 0 unspecified atom stereocenters. The molecule has 2 heterocycles. The number of furan rings is 1. The van der Waals surface area contributed by atoms with E-state index in [9.17, 15) is 0 Å². The van der Waals surface area contributed by atoms with Crippen LogP contribution in [0.15, 0.2) is 211 Å². The zero-order chi connectivity index (χ0) is 36.3. The van der Waals surface area contributed by atoms with E-state index in [0.29, 0.717) is 0 Å². The second-order valence-corrected chi connectivity index (χ2v) is 14.1. The Morgan fingerprint density at radius 1 is 0.382 bits per heavy atom. The topological polar surface area (TPSA) is 21.3 Å². The van der Waals surface area contributed by atoms with Crippen molar-refractivity contribution in [3.8, 4) is 27.9 Å². The molecule has 0 saturated carbocycles. The Hall–Kier alpha value is -7.36. The van der Waals surface area contributed by atoms with Crippen LogP contribution in [0.5, 0.6) is 0 Å². The molecule has 0 N–H and O–H groups in total. The molecule has 0 aliphatic carbocycles. The maximum atomic E-state index is 6.51. The van der Waals surface area contributed by atoms with Gasteiger partial charge in [0, 0.05) is 50.2 Å². The van der Waals surface area contributed by atoms with E-state index in [1.54, 1.807) is 0 Å². The fourth-order valence-electron chi connectivity index (χ4n) is 8.55. The van der Waals surface area contributed by atoms with Gasteiger partial charge in [0.25, 0.3) is 0 Å². The molecule has 3 heteroatoms. The van der Waals surface area contributed by atoms with Crippen LogP contribution in [0.4, 0.5) is 17.1 Å². The lowest BCUT2D eigenvalue weighted by molar-refractivity contribution is 0.669. The average molecular weight is 703 g/mol. The maximum Gasteiger partial charge on any atom is 0.137 e. The molecule has 11 aromatic rings. The van der Waals surface area contributed by atoms with Crippen LogP contribution in [0.1, 0.15) is 0 Å². The standard InChI is InChI=1S/C52H34N2O/c1-3-15-35(16-4-1)40-24-13-17-36-18-14-25-46(52(36)40)42-22-8-10-26-47(42)53(39-30-32-45-44-23-9-12-28-50(44)55-51(45)34-39)38-29-31-43-41-21-7-11-27-48(41)54(49(43)33-38)37-19-5-2-6-20-37/h1-34H. The lowest BCUT2D eigenvalue weighted by Gasteiger charge is -2.28. The summed E-state index contributed by atoms with van der Waals surface area (Å²) in [7, 11) is 0. The first-order chi connectivity index (χ1) is 27.3. The molecule has 0 radical (unpaired) electrons. The second-order valence-electron chi connectivity index (χ2n) is 14.1. The Bertz CT molecular complexity index is 3200. The molecule has 0 amide bonds. The van der Waals surface area contributed by atoms with Crippen LogP contribution in [0.25, 0.3) is 82.5 Å². The Kier molecular flexibility index (Phi) is 7.17. The molecule has 55 heavy (non-hydrogen) atoms. The van der Waals surface area contributed by atoms with E-state index in [4.69, 9.17) is 4.42 Å². The molecule has 0 atom stereocenters. The van der Waals surface area contributed by atoms with Gasteiger partial charge < -0.3 is 13.9 Å². The van der Waals surface area contributed by atoms with Crippen molar-refractivity contribution in [3.05, 3.63) is 206 Å². The molecule has 9 aromatic carbocycles. The monoisotopic (exact) mass is 702 g/mol. The van der Waals surface area contributed by atoms with Crippen molar-refractivity contribution < 1.29 is 4.42 Å². The van der Waals surface area contributed by atoms with Crippen molar-refractivity contribution in [2.45, 2.75) is 0 Å². The van der Waals surface area contributed by atoms with Gasteiger partial charge >= 0.3 is 0 Å². The number of hydrogen-bond donors (Lipinski definition) is 0. The van der Waals surface area contributed by atoms with E-state index >= 15 is 0 Å². The van der Waals surface area contributed by atoms with Gasteiger partial charge in [-0.05, 0) is 82.1 Å². The van der Waals surface area contributed by atoms with Gasteiger partial charge in [0.15, 0.2) is 0 Å². The molecule has 258 valence electrons. The molecule has 0 aliphatic heterocycles. The number of benzene rings is 9. The summed E-state index contributed by atoms with van der Waals surface area (Å²) in [4.78, 5) is 2.40. The summed E-state index contributed by atoms with van der Waals surface area (Å²) in [5.41, 5.74) is 13.1. The zero-order valence-corrected chi connectivity index (χ0v) is 29.9. The van der Waals surface area contributed by atoms with Crippen LogP contribution in [-0.4, -0.2) is 4.57 Å². The van der Waals surface area contributed by atoms with Crippen molar-refractivity contribution in [2.24, 2.45) is 0 Å². The lowest BCUT2D eigenvalue weighted by atomic mass is 9.90. The van der Waals surface area contributed by atoms with Gasteiger partial charge in [0.05, 0.1) is 16.7 Å². The highest BCUT2D eigenvalue weighted by atomic mass is 16.3. The largest absolute Gasteiger partial charge is 0.456 e. The first-order valence-electron chi connectivity index (χ1n) is 18.8. The number of hydrogen-bond acceptors (Lipinski definition) is 2. The van der Waals surface area contributed by atoms with E-state index in [0.717, 1.165) is 55.8 Å². The number of para-hydroxylation sites is 4. The first kappa shape index (κ1) is 31.2. The molecule has 0 bridgehead atoms. The van der Waals surface area contributed by atoms with Crippen LogP contribution >= 0.6 is 0 Å². The third kappa shape index (κ3) is 5.05. The van der Waals surface area contributed by atoms with Crippen molar-refractivity contribution >= 4 is 71.6 Å². The minimum atomic E-state index is 0.859. The molecule has 3 nitrogen and oxygen atoms in total. The number of nitrogens with zero attached hydrogens (tertiary/aromatic N) is 2. The van der Waals surface area contributed by atoms with Crippen LogP contribution in [0.2, 0.25) is 0 Å². The lowest BCUT2D eigenvalue weighted by Crippen LogP contribution is -2.11. The van der Waals surface area contributed by atoms with Crippen molar-refractivity contribution in [1.82, 2.24) is 4.57 Å². The molecule has 0 aliphatic rings. The highest BCUT2D eigenvalue weighted by Gasteiger charge is 2.22. The number of fused-ring (bicyclic) bond motifs is 7. The molecule has 11 rings (SSSR count). The van der Waals surface area contributed by atoms with E-state index in [2.05, 4.69) is 204 Å². The third-order valence-corrected chi connectivity index (χ3v) is 11.0. The second kappa shape index (κ2) is 12.6. The summed E-state index contributed by atoms with van der Waals surface area (Å²) < 4.78 is 8.90.